The Morgan fingerprint density at radius 2 is 2.31 bits per heavy atom. The maximum absolute atomic E-state index is 11.8. The smallest absolute Gasteiger partial charge is 0.313 e. The first-order chi connectivity index (χ1) is 7.69. The molecule has 1 aliphatic rings. The SMILES string of the molecule is CCOCC(C)OC(=O)C1COCC1NC. The van der Waals surface area contributed by atoms with E-state index in [9.17, 15) is 4.79 Å². The van der Waals surface area contributed by atoms with Crippen LogP contribution in [0.25, 0.3) is 0 Å². The number of ether oxygens (including phenoxy) is 3. The second-order valence-electron chi connectivity index (χ2n) is 3.95. The van der Waals surface area contributed by atoms with Gasteiger partial charge in [0.25, 0.3) is 0 Å². The fourth-order valence-electron chi connectivity index (χ4n) is 1.67. The molecule has 0 saturated carbocycles. The van der Waals surface area contributed by atoms with Crippen LogP contribution in [0.1, 0.15) is 13.8 Å². The van der Waals surface area contributed by atoms with Gasteiger partial charge in [-0.15, -0.1) is 0 Å². The third kappa shape index (κ3) is 3.73. The Bertz CT molecular complexity index is 222. The van der Waals surface area contributed by atoms with Crippen LogP contribution in [-0.2, 0) is 19.0 Å². The number of esters is 1. The first-order valence-corrected chi connectivity index (χ1v) is 5.72. The second kappa shape index (κ2) is 6.83. The maximum atomic E-state index is 11.8. The lowest BCUT2D eigenvalue weighted by Crippen LogP contribution is -2.39. The Hall–Kier alpha value is -0.650. The van der Waals surface area contributed by atoms with Crippen LogP contribution in [-0.4, -0.2) is 51.6 Å². The van der Waals surface area contributed by atoms with Crippen molar-refractivity contribution in [1.82, 2.24) is 5.32 Å². The summed E-state index contributed by atoms with van der Waals surface area (Å²) >= 11 is 0. The standard InChI is InChI=1S/C11H21NO4/c1-4-14-5-8(2)16-11(13)9-6-15-7-10(9)12-3/h8-10,12H,4-7H2,1-3H3. The Kier molecular flexibility index (Phi) is 5.73. The Labute approximate surface area is 96.4 Å². The van der Waals surface area contributed by atoms with Crippen molar-refractivity contribution in [3.63, 3.8) is 0 Å². The number of likely N-dealkylation sites (N-methyl/N-ethyl adjacent to an activating group) is 1. The van der Waals surface area contributed by atoms with E-state index < -0.39 is 0 Å². The Balaban J connectivity index is 2.33. The van der Waals surface area contributed by atoms with Crippen molar-refractivity contribution in [1.29, 1.82) is 0 Å². The van der Waals surface area contributed by atoms with E-state index in [0.29, 0.717) is 26.4 Å². The minimum absolute atomic E-state index is 0.0618. The molecule has 0 radical (unpaired) electrons. The van der Waals surface area contributed by atoms with Crippen molar-refractivity contribution in [2.75, 3.05) is 33.5 Å². The van der Waals surface area contributed by atoms with Gasteiger partial charge in [0.05, 0.1) is 25.7 Å². The molecule has 0 aromatic heterocycles. The largest absolute Gasteiger partial charge is 0.460 e. The summed E-state index contributed by atoms with van der Waals surface area (Å²) in [5, 5.41) is 3.05. The normalized spacial score (nSPS) is 26.7. The lowest BCUT2D eigenvalue weighted by atomic mass is 10.0. The van der Waals surface area contributed by atoms with Crippen LogP contribution in [0.2, 0.25) is 0 Å². The molecule has 1 N–H and O–H groups in total. The van der Waals surface area contributed by atoms with Crippen LogP contribution in [0, 0.1) is 5.92 Å². The highest BCUT2D eigenvalue weighted by Crippen LogP contribution is 2.15. The molecule has 1 saturated heterocycles. The molecule has 5 heteroatoms. The summed E-state index contributed by atoms with van der Waals surface area (Å²) in [4.78, 5) is 11.8. The quantitative estimate of drug-likeness (QED) is 0.661. The van der Waals surface area contributed by atoms with Gasteiger partial charge in [0.1, 0.15) is 6.10 Å². The van der Waals surface area contributed by atoms with Crippen LogP contribution in [0.15, 0.2) is 0 Å². The molecular formula is C11H21NO4. The predicted octanol–water partition coefficient (Wildman–Crippen LogP) is 0.189. The summed E-state index contributed by atoms with van der Waals surface area (Å²) in [6.07, 6.45) is -0.203. The van der Waals surface area contributed by atoms with Gasteiger partial charge in [0.2, 0.25) is 0 Å². The van der Waals surface area contributed by atoms with Gasteiger partial charge in [-0.3, -0.25) is 4.79 Å². The number of hydrogen-bond donors (Lipinski definition) is 1. The lowest BCUT2D eigenvalue weighted by Gasteiger charge is -2.19. The molecule has 94 valence electrons. The van der Waals surface area contributed by atoms with Gasteiger partial charge < -0.3 is 19.5 Å². The predicted molar refractivity (Wildman–Crippen MR) is 59.2 cm³/mol. The van der Waals surface area contributed by atoms with Crippen molar-refractivity contribution in [3.8, 4) is 0 Å². The molecule has 1 heterocycles. The van der Waals surface area contributed by atoms with Gasteiger partial charge in [-0.25, -0.2) is 0 Å². The molecular weight excluding hydrogens is 210 g/mol. The molecule has 3 unspecified atom stereocenters. The van der Waals surface area contributed by atoms with Crippen molar-refractivity contribution in [2.45, 2.75) is 26.0 Å². The highest BCUT2D eigenvalue weighted by Gasteiger charge is 2.34. The molecule has 0 bridgehead atoms. The third-order valence-corrected chi connectivity index (χ3v) is 2.63. The van der Waals surface area contributed by atoms with Gasteiger partial charge >= 0.3 is 5.97 Å². The molecule has 0 aliphatic carbocycles. The number of carbonyl (C=O) groups excluding carboxylic acids is 1. The summed E-state index contributed by atoms with van der Waals surface area (Å²) in [5.74, 6) is -0.405. The average molecular weight is 231 g/mol. The molecule has 1 aliphatic heterocycles. The maximum Gasteiger partial charge on any atom is 0.313 e. The number of rotatable bonds is 6. The van der Waals surface area contributed by atoms with Crippen molar-refractivity contribution < 1.29 is 19.0 Å². The highest BCUT2D eigenvalue weighted by molar-refractivity contribution is 5.74. The van der Waals surface area contributed by atoms with Gasteiger partial charge in [-0.2, -0.15) is 0 Å². The van der Waals surface area contributed by atoms with Crippen molar-refractivity contribution in [2.24, 2.45) is 5.92 Å². The Morgan fingerprint density at radius 3 is 2.94 bits per heavy atom. The topological polar surface area (TPSA) is 56.8 Å². The van der Waals surface area contributed by atoms with Crippen molar-refractivity contribution in [3.05, 3.63) is 0 Å². The van der Waals surface area contributed by atoms with Crippen molar-refractivity contribution >= 4 is 5.97 Å². The van der Waals surface area contributed by atoms with E-state index in [1.165, 1.54) is 0 Å². The summed E-state index contributed by atoms with van der Waals surface area (Å²) in [7, 11) is 1.82. The first kappa shape index (κ1) is 13.4. The molecule has 3 atom stereocenters. The lowest BCUT2D eigenvalue weighted by molar-refractivity contribution is -0.156. The molecule has 0 aromatic rings. The van der Waals surface area contributed by atoms with Crippen LogP contribution >= 0.6 is 0 Å². The highest BCUT2D eigenvalue weighted by atomic mass is 16.6. The molecule has 5 nitrogen and oxygen atoms in total. The van der Waals surface area contributed by atoms with E-state index in [0.717, 1.165) is 0 Å². The number of carbonyl (C=O) groups is 1. The summed E-state index contributed by atoms with van der Waals surface area (Å²) in [6.45, 7) is 5.82. The fraction of sp³-hybridized carbons (Fsp3) is 0.909. The van der Waals surface area contributed by atoms with Gasteiger partial charge in [-0.1, -0.05) is 0 Å². The fourth-order valence-corrected chi connectivity index (χ4v) is 1.67. The van der Waals surface area contributed by atoms with E-state index in [1.807, 2.05) is 20.9 Å². The minimum atomic E-state index is -0.205. The number of hydrogen-bond acceptors (Lipinski definition) is 5. The molecule has 0 aromatic carbocycles. The van der Waals surface area contributed by atoms with Crippen LogP contribution in [0.3, 0.4) is 0 Å². The van der Waals surface area contributed by atoms with E-state index in [4.69, 9.17) is 14.2 Å². The molecule has 1 rings (SSSR count). The number of nitrogens with one attached hydrogen (secondary N) is 1. The molecule has 0 amide bonds. The summed E-state index contributed by atoms with van der Waals surface area (Å²) in [6, 6.07) is 0.0618. The zero-order valence-electron chi connectivity index (χ0n) is 10.2. The van der Waals surface area contributed by atoms with E-state index in [1.54, 1.807) is 0 Å². The molecule has 0 spiro atoms. The third-order valence-electron chi connectivity index (χ3n) is 2.63. The second-order valence-corrected chi connectivity index (χ2v) is 3.95. The van der Waals surface area contributed by atoms with Gasteiger partial charge in [0.15, 0.2) is 0 Å². The van der Waals surface area contributed by atoms with E-state index in [-0.39, 0.29) is 24.0 Å². The molecule has 16 heavy (non-hydrogen) atoms. The first-order valence-electron chi connectivity index (χ1n) is 5.72. The average Bonchev–Trinajstić information content (AvgIpc) is 2.74. The van der Waals surface area contributed by atoms with E-state index >= 15 is 0 Å². The minimum Gasteiger partial charge on any atom is -0.460 e. The van der Waals surface area contributed by atoms with Crippen LogP contribution < -0.4 is 5.32 Å². The van der Waals surface area contributed by atoms with E-state index in [2.05, 4.69) is 5.32 Å². The zero-order valence-corrected chi connectivity index (χ0v) is 10.2. The summed E-state index contributed by atoms with van der Waals surface area (Å²) in [5.41, 5.74) is 0. The summed E-state index contributed by atoms with van der Waals surface area (Å²) < 4.78 is 15.7. The van der Waals surface area contributed by atoms with Gasteiger partial charge in [0, 0.05) is 12.6 Å². The van der Waals surface area contributed by atoms with Crippen LogP contribution in [0.4, 0.5) is 0 Å². The van der Waals surface area contributed by atoms with Gasteiger partial charge in [-0.05, 0) is 20.9 Å². The molecule has 1 fully saturated rings. The monoisotopic (exact) mass is 231 g/mol. The Morgan fingerprint density at radius 1 is 1.56 bits per heavy atom. The van der Waals surface area contributed by atoms with Crippen LogP contribution in [0.5, 0.6) is 0 Å². The zero-order chi connectivity index (χ0) is 12.0.